The van der Waals surface area contributed by atoms with Gasteiger partial charge in [0, 0.05) is 6.07 Å². The molecule has 0 fully saturated rings. The summed E-state index contributed by atoms with van der Waals surface area (Å²) in [7, 11) is 4.21. The largest absolute Gasteiger partial charge is 0.496 e. The van der Waals surface area contributed by atoms with Gasteiger partial charge < -0.3 is 14.2 Å². The molecule has 0 saturated carbocycles. The van der Waals surface area contributed by atoms with Gasteiger partial charge in [-0.25, -0.2) is 0 Å². The molecule has 0 N–H and O–H groups in total. The molecule has 5 nitrogen and oxygen atoms in total. The van der Waals surface area contributed by atoms with Gasteiger partial charge in [-0.15, -0.1) is 0 Å². The Balaban J connectivity index is 3.60. The number of methoxy groups -OCH3 is 3. The van der Waals surface area contributed by atoms with Gasteiger partial charge in [-0.1, -0.05) is 0 Å². The molecule has 0 bridgehead atoms. The molecule has 0 amide bonds. The monoisotopic (exact) mass is 224 g/mol. The van der Waals surface area contributed by atoms with Crippen molar-refractivity contribution in [1.29, 1.82) is 0 Å². The molecule has 1 aromatic carbocycles. The van der Waals surface area contributed by atoms with Crippen LogP contribution in [0.3, 0.4) is 0 Å². The van der Waals surface area contributed by atoms with Crippen molar-refractivity contribution in [3.8, 4) is 17.2 Å². The average Bonchev–Trinajstić information content (AvgIpc) is 2.35. The zero-order valence-electron chi connectivity index (χ0n) is 9.27. The maximum Gasteiger partial charge on any atom is 0.157 e. The van der Waals surface area contributed by atoms with Crippen molar-refractivity contribution in [2.75, 3.05) is 21.3 Å². The van der Waals surface area contributed by atoms with Crippen LogP contribution in [0, 0.1) is 0 Å². The second-order valence-corrected chi connectivity index (χ2v) is 2.88. The van der Waals surface area contributed by atoms with E-state index in [9.17, 15) is 9.59 Å². The fourth-order valence-corrected chi connectivity index (χ4v) is 1.42. The predicted molar refractivity (Wildman–Crippen MR) is 56.9 cm³/mol. The fourth-order valence-electron chi connectivity index (χ4n) is 1.42. The third-order valence-corrected chi connectivity index (χ3v) is 2.16. The molecule has 0 aliphatic rings. The highest BCUT2D eigenvalue weighted by Crippen LogP contribution is 2.36. The van der Waals surface area contributed by atoms with E-state index in [2.05, 4.69) is 0 Å². The molecule has 86 valence electrons. The number of aldehydes is 2. The molecule has 1 rings (SSSR count). The third kappa shape index (κ3) is 1.84. The summed E-state index contributed by atoms with van der Waals surface area (Å²) < 4.78 is 15.0. The Morgan fingerprint density at radius 2 is 1.31 bits per heavy atom. The van der Waals surface area contributed by atoms with Crippen molar-refractivity contribution in [2.24, 2.45) is 0 Å². The van der Waals surface area contributed by atoms with Crippen LogP contribution in [0.2, 0.25) is 0 Å². The second kappa shape index (κ2) is 5.16. The first-order valence-electron chi connectivity index (χ1n) is 4.46. The summed E-state index contributed by atoms with van der Waals surface area (Å²) in [5.74, 6) is 0.754. The summed E-state index contributed by atoms with van der Waals surface area (Å²) in [6, 6.07) is 1.47. The van der Waals surface area contributed by atoms with Crippen molar-refractivity contribution >= 4 is 12.6 Å². The minimum Gasteiger partial charge on any atom is -0.496 e. The van der Waals surface area contributed by atoms with Gasteiger partial charge in [0.2, 0.25) is 0 Å². The fraction of sp³-hybridized carbons (Fsp3) is 0.273. The number of benzene rings is 1. The number of hydrogen-bond donors (Lipinski definition) is 0. The minimum atomic E-state index is 0.154. The van der Waals surface area contributed by atoms with E-state index < -0.39 is 0 Å². The van der Waals surface area contributed by atoms with E-state index in [4.69, 9.17) is 14.2 Å². The van der Waals surface area contributed by atoms with Crippen molar-refractivity contribution in [1.82, 2.24) is 0 Å². The highest BCUT2D eigenvalue weighted by molar-refractivity contribution is 5.93. The van der Waals surface area contributed by atoms with E-state index in [-0.39, 0.29) is 16.9 Å². The van der Waals surface area contributed by atoms with E-state index in [1.807, 2.05) is 0 Å². The van der Waals surface area contributed by atoms with Crippen LogP contribution in [0.15, 0.2) is 6.07 Å². The Kier molecular flexibility index (Phi) is 3.88. The summed E-state index contributed by atoms with van der Waals surface area (Å²) >= 11 is 0. The quantitative estimate of drug-likeness (QED) is 0.706. The summed E-state index contributed by atoms with van der Waals surface area (Å²) in [4.78, 5) is 21.8. The molecule has 16 heavy (non-hydrogen) atoms. The zero-order valence-corrected chi connectivity index (χ0v) is 9.27. The van der Waals surface area contributed by atoms with E-state index in [0.717, 1.165) is 0 Å². The third-order valence-electron chi connectivity index (χ3n) is 2.16. The molecule has 0 radical (unpaired) electrons. The van der Waals surface area contributed by atoms with Gasteiger partial charge in [0.15, 0.2) is 12.6 Å². The van der Waals surface area contributed by atoms with Crippen molar-refractivity contribution in [3.63, 3.8) is 0 Å². The molecular weight excluding hydrogens is 212 g/mol. The van der Waals surface area contributed by atoms with Crippen LogP contribution in [0.5, 0.6) is 17.2 Å². The van der Waals surface area contributed by atoms with Crippen LogP contribution in [-0.2, 0) is 0 Å². The SMILES string of the molecule is COc1cc(OC)c(C=O)c(OC)c1C=O. The van der Waals surface area contributed by atoms with Crippen LogP contribution < -0.4 is 14.2 Å². The van der Waals surface area contributed by atoms with Gasteiger partial charge in [0.25, 0.3) is 0 Å². The van der Waals surface area contributed by atoms with Gasteiger partial charge >= 0.3 is 0 Å². The highest BCUT2D eigenvalue weighted by atomic mass is 16.5. The predicted octanol–water partition coefficient (Wildman–Crippen LogP) is 1.34. The molecule has 0 aliphatic carbocycles. The Morgan fingerprint density at radius 3 is 1.56 bits per heavy atom. The minimum absolute atomic E-state index is 0.154. The lowest BCUT2D eigenvalue weighted by atomic mass is 10.1. The molecule has 0 saturated heterocycles. The maximum absolute atomic E-state index is 10.9. The van der Waals surface area contributed by atoms with Crippen LogP contribution >= 0.6 is 0 Å². The molecule has 0 aromatic heterocycles. The van der Waals surface area contributed by atoms with E-state index in [1.165, 1.54) is 27.4 Å². The summed E-state index contributed by atoms with van der Waals surface area (Å²) in [5, 5.41) is 0. The zero-order chi connectivity index (χ0) is 12.1. The summed E-state index contributed by atoms with van der Waals surface area (Å²) in [5.41, 5.74) is 0.376. The normalized spacial score (nSPS) is 9.44. The van der Waals surface area contributed by atoms with Crippen LogP contribution in [-0.4, -0.2) is 33.9 Å². The number of rotatable bonds is 5. The van der Waals surface area contributed by atoms with Crippen molar-refractivity contribution in [3.05, 3.63) is 17.2 Å². The summed E-state index contributed by atoms with van der Waals surface area (Å²) in [6.45, 7) is 0. The van der Waals surface area contributed by atoms with Gasteiger partial charge in [0.1, 0.15) is 17.2 Å². The Morgan fingerprint density at radius 1 is 0.875 bits per heavy atom. The number of ether oxygens (including phenoxy) is 3. The van der Waals surface area contributed by atoms with Crippen molar-refractivity contribution < 1.29 is 23.8 Å². The first kappa shape index (κ1) is 12.0. The smallest absolute Gasteiger partial charge is 0.157 e. The molecule has 0 atom stereocenters. The molecule has 0 unspecified atom stereocenters. The first-order valence-corrected chi connectivity index (χ1v) is 4.46. The van der Waals surface area contributed by atoms with Crippen LogP contribution in [0.25, 0.3) is 0 Å². The lowest BCUT2D eigenvalue weighted by molar-refractivity contribution is 0.111. The molecule has 0 heterocycles. The van der Waals surface area contributed by atoms with E-state index in [0.29, 0.717) is 24.1 Å². The van der Waals surface area contributed by atoms with Gasteiger partial charge in [-0.2, -0.15) is 0 Å². The van der Waals surface area contributed by atoms with Gasteiger partial charge in [0.05, 0.1) is 32.5 Å². The topological polar surface area (TPSA) is 61.8 Å². The molecular formula is C11H12O5. The summed E-state index contributed by atoms with van der Waals surface area (Å²) in [6.07, 6.45) is 1.15. The Bertz CT molecular complexity index is 377. The van der Waals surface area contributed by atoms with Crippen LogP contribution in [0.1, 0.15) is 20.7 Å². The Labute approximate surface area is 92.9 Å². The van der Waals surface area contributed by atoms with Crippen molar-refractivity contribution in [2.45, 2.75) is 0 Å². The van der Waals surface area contributed by atoms with Crippen LogP contribution in [0.4, 0.5) is 0 Å². The number of carbonyl (C=O) groups is 2. The lowest BCUT2D eigenvalue weighted by Gasteiger charge is -2.14. The van der Waals surface area contributed by atoms with E-state index >= 15 is 0 Å². The Hall–Kier alpha value is -2.04. The average molecular weight is 224 g/mol. The van der Waals surface area contributed by atoms with Gasteiger partial charge in [-0.3, -0.25) is 9.59 Å². The molecule has 0 aliphatic heterocycles. The van der Waals surface area contributed by atoms with Gasteiger partial charge in [-0.05, 0) is 0 Å². The highest BCUT2D eigenvalue weighted by Gasteiger charge is 2.19. The lowest BCUT2D eigenvalue weighted by Crippen LogP contribution is -2.02. The second-order valence-electron chi connectivity index (χ2n) is 2.88. The molecule has 0 spiro atoms. The molecule has 5 heteroatoms. The first-order chi connectivity index (χ1) is 7.73. The maximum atomic E-state index is 10.9. The number of carbonyl (C=O) groups excluding carboxylic acids is 2. The van der Waals surface area contributed by atoms with E-state index in [1.54, 1.807) is 0 Å². The number of hydrogen-bond acceptors (Lipinski definition) is 5. The molecule has 1 aromatic rings. The standard InChI is InChI=1S/C11H12O5/c1-14-9-4-10(15-2)8(6-13)11(16-3)7(9)5-12/h4-6H,1-3H3.